The zero-order chi connectivity index (χ0) is 12.8. The van der Waals surface area contributed by atoms with Crippen molar-refractivity contribution in [2.75, 3.05) is 13.7 Å². The first-order valence-corrected chi connectivity index (χ1v) is 6.70. The Hall–Kier alpha value is -0.900. The minimum atomic E-state index is 0.380. The molecule has 1 aliphatic rings. The van der Waals surface area contributed by atoms with Gasteiger partial charge in [0.2, 0.25) is 0 Å². The maximum atomic E-state index is 5.56. The Bertz CT molecular complexity index is 367. The van der Waals surface area contributed by atoms with Crippen molar-refractivity contribution in [3.63, 3.8) is 0 Å². The fourth-order valence-electron chi connectivity index (χ4n) is 2.46. The van der Waals surface area contributed by atoms with E-state index < -0.39 is 0 Å². The monoisotopic (exact) mass is 249 g/mol. The van der Waals surface area contributed by atoms with Crippen molar-refractivity contribution in [1.29, 1.82) is 0 Å². The number of ether oxygens (including phenoxy) is 2. The molecule has 2 atom stereocenters. The standard InChI is InChI=1S/C15H23NO2/c1-12-9-15(7-8-18-12)16-10-13-5-3-4-6-14(13)11-17-2/h3-6,12,15-16H,7-11H2,1-2H3. The average Bonchev–Trinajstić information content (AvgIpc) is 2.38. The van der Waals surface area contributed by atoms with Gasteiger partial charge in [-0.2, -0.15) is 0 Å². The average molecular weight is 249 g/mol. The van der Waals surface area contributed by atoms with Gasteiger partial charge < -0.3 is 14.8 Å². The van der Waals surface area contributed by atoms with Crippen molar-refractivity contribution < 1.29 is 9.47 Å². The highest BCUT2D eigenvalue weighted by atomic mass is 16.5. The Morgan fingerprint density at radius 2 is 2.11 bits per heavy atom. The van der Waals surface area contributed by atoms with Gasteiger partial charge >= 0.3 is 0 Å². The van der Waals surface area contributed by atoms with Crippen LogP contribution < -0.4 is 5.32 Å². The van der Waals surface area contributed by atoms with Gasteiger partial charge in [0.15, 0.2) is 0 Å². The molecule has 0 spiro atoms. The minimum Gasteiger partial charge on any atom is -0.380 e. The molecule has 1 aromatic carbocycles. The van der Waals surface area contributed by atoms with E-state index in [2.05, 4.69) is 36.5 Å². The quantitative estimate of drug-likeness (QED) is 0.869. The van der Waals surface area contributed by atoms with Crippen molar-refractivity contribution >= 4 is 0 Å². The van der Waals surface area contributed by atoms with Crippen LogP contribution >= 0.6 is 0 Å². The molecule has 3 nitrogen and oxygen atoms in total. The molecule has 18 heavy (non-hydrogen) atoms. The van der Waals surface area contributed by atoms with E-state index in [4.69, 9.17) is 9.47 Å². The van der Waals surface area contributed by atoms with Crippen molar-refractivity contribution in [1.82, 2.24) is 5.32 Å². The Kier molecular flexibility index (Phi) is 5.17. The number of benzene rings is 1. The Balaban J connectivity index is 1.89. The van der Waals surface area contributed by atoms with Gasteiger partial charge in [0.25, 0.3) is 0 Å². The van der Waals surface area contributed by atoms with Gasteiger partial charge in [-0.05, 0) is 30.9 Å². The van der Waals surface area contributed by atoms with Crippen LogP contribution in [0.3, 0.4) is 0 Å². The second-order valence-electron chi connectivity index (χ2n) is 4.99. The summed E-state index contributed by atoms with van der Waals surface area (Å²) < 4.78 is 10.8. The van der Waals surface area contributed by atoms with Gasteiger partial charge in [-0.25, -0.2) is 0 Å². The van der Waals surface area contributed by atoms with E-state index in [1.165, 1.54) is 11.1 Å². The van der Waals surface area contributed by atoms with Gasteiger partial charge in [-0.15, -0.1) is 0 Å². The summed E-state index contributed by atoms with van der Waals surface area (Å²) in [4.78, 5) is 0. The van der Waals surface area contributed by atoms with Crippen LogP contribution in [0.1, 0.15) is 30.9 Å². The Morgan fingerprint density at radius 1 is 1.33 bits per heavy atom. The number of rotatable bonds is 5. The molecule has 0 aromatic heterocycles. The third kappa shape index (κ3) is 3.80. The fraction of sp³-hybridized carbons (Fsp3) is 0.600. The molecule has 1 heterocycles. The van der Waals surface area contributed by atoms with Crippen molar-refractivity contribution in [3.05, 3.63) is 35.4 Å². The number of nitrogens with one attached hydrogen (secondary N) is 1. The van der Waals surface area contributed by atoms with Crippen LogP contribution in [-0.2, 0) is 22.6 Å². The zero-order valence-electron chi connectivity index (χ0n) is 11.3. The second-order valence-corrected chi connectivity index (χ2v) is 4.99. The summed E-state index contributed by atoms with van der Waals surface area (Å²) in [5.74, 6) is 0. The molecule has 0 aliphatic carbocycles. The van der Waals surface area contributed by atoms with Crippen LogP contribution in [0.15, 0.2) is 24.3 Å². The first kappa shape index (κ1) is 13.5. The molecular weight excluding hydrogens is 226 g/mol. The summed E-state index contributed by atoms with van der Waals surface area (Å²) in [6.07, 6.45) is 2.59. The number of hydrogen-bond donors (Lipinski definition) is 1. The van der Waals surface area contributed by atoms with E-state index in [9.17, 15) is 0 Å². The number of hydrogen-bond acceptors (Lipinski definition) is 3. The summed E-state index contributed by atoms with van der Waals surface area (Å²) in [6.45, 7) is 4.62. The molecule has 2 unspecified atom stereocenters. The van der Waals surface area contributed by atoms with Gasteiger partial charge in [-0.3, -0.25) is 0 Å². The van der Waals surface area contributed by atoms with Crippen LogP contribution in [0.4, 0.5) is 0 Å². The van der Waals surface area contributed by atoms with Crippen LogP contribution in [0, 0.1) is 0 Å². The topological polar surface area (TPSA) is 30.5 Å². The summed E-state index contributed by atoms with van der Waals surface area (Å²) >= 11 is 0. The molecular formula is C15H23NO2. The highest BCUT2D eigenvalue weighted by Crippen LogP contribution is 2.15. The highest BCUT2D eigenvalue weighted by Gasteiger charge is 2.18. The lowest BCUT2D eigenvalue weighted by Crippen LogP contribution is -2.37. The van der Waals surface area contributed by atoms with E-state index in [1.54, 1.807) is 7.11 Å². The first-order valence-electron chi connectivity index (χ1n) is 6.70. The fourth-order valence-corrected chi connectivity index (χ4v) is 2.46. The summed E-state index contributed by atoms with van der Waals surface area (Å²) in [5, 5.41) is 3.63. The third-order valence-corrected chi connectivity index (χ3v) is 3.48. The molecule has 0 bridgehead atoms. The Morgan fingerprint density at radius 3 is 2.83 bits per heavy atom. The smallest absolute Gasteiger partial charge is 0.0716 e. The largest absolute Gasteiger partial charge is 0.380 e. The van der Waals surface area contributed by atoms with Crippen LogP contribution in [-0.4, -0.2) is 25.9 Å². The lowest BCUT2D eigenvalue weighted by atomic mass is 10.0. The first-order chi connectivity index (χ1) is 8.79. The predicted molar refractivity (Wildman–Crippen MR) is 72.4 cm³/mol. The van der Waals surface area contributed by atoms with Gasteiger partial charge in [0, 0.05) is 26.3 Å². The normalized spacial score (nSPS) is 24.1. The summed E-state index contributed by atoms with van der Waals surface area (Å²) in [6, 6.07) is 9.03. The molecule has 0 amide bonds. The van der Waals surface area contributed by atoms with Gasteiger partial charge in [0.1, 0.15) is 0 Å². The predicted octanol–water partition coefficient (Wildman–Crippen LogP) is 2.49. The lowest BCUT2D eigenvalue weighted by Gasteiger charge is -2.28. The van der Waals surface area contributed by atoms with E-state index in [0.29, 0.717) is 18.8 Å². The number of methoxy groups -OCH3 is 1. The van der Waals surface area contributed by atoms with E-state index in [-0.39, 0.29) is 0 Å². The molecule has 0 radical (unpaired) electrons. The van der Waals surface area contributed by atoms with Crippen LogP contribution in [0.5, 0.6) is 0 Å². The van der Waals surface area contributed by atoms with Crippen molar-refractivity contribution in [2.24, 2.45) is 0 Å². The van der Waals surface area contributed by atoms with Crippen molar-refractivity contribution in [3.8, 4) is 0 Å². The molecule has 0 saturated carbocycles. The lowest BCUT2D eigenvalue weighted by molar-refractivity contribution is 0.0130. The van der Waals surface area contributed by atoms with Crippen molar-refractivity contribution in [2.45, 2.75) is 45.1 Å². The molecule has 1 aliphatic heterocycles. The van der Waals surface area contributed by atoms with E-state index in [0.717, 1.165) is 26.0 Å². The Labute approximate surface area is 109 Å². The maximum absolute atomic E-state index is 5.56. The minimum absolute atomic E-state index is 0.380. The van der Waals surface area contributed by atoms with E-state index >= 15 is 0 Å². The third-order valence-electron chi connectivity index (χ3n) is 3.48. The SMILES string of the molecule is COCc1ccccc1CNC1CCOC(C)C1. The molecule has 1 fully saturated rings. The summed E-state index contributed by atoms with van der Waals surface area (Å²) in [7, 11) is 1.74. The molecule has 1 saturated heterocycles. The van der Waals surface area contributed by atoms with Crippen LogP contribution in [0.2, 0.25) is 0 Å². The molecule has 1 aromatic rings. The molecule has 2 rings (SSSR count). The maximum Gasteiger partial charge on any atom is 0.0716 e. The molecule has 1 N–H and O–H groups in total. The zero-order valence-corrected chi connectivity index (χ0v) is 11.3. The summed E-state index contributed by atoms with van der Waals surface area (Å²) in [5.41, 5.74) is 2.60. The van der Waals surface area contributed by atoms with Gasteiger partial charge in [-0.1, -0.05) is 24.3 Å². The highest BCUT2D eigenvalue weighted by molar-refractivity contribution is 5.26. The molecule has 3 heteroatoms. The molecule has 100 valence electrons. The van der Waals surface area contributed by atoms with E-state index in [1.807, 2.05) is 0 Å². The van der Waals surface area contributed by atoms with Crippen LogP contribution in [0.25, 0.3) is 0 Å². The van der Waals surface area contributed by atoms with Gasteiger partial charge in [0.05, 0.1) is 12.7 Å². The second kappa shape index (κ2) is 6.88.